The molecule has 0 fully saturated rings. The van der Waals surface area contributed by atoms with E-state index >= 15 is 0 Å². The van der Waals surface area contributed by atoms with Crippen LogP contribution >= 0.6 is 11.6 Å². The fraction of sp³-hybridized carbons (Fsp3) is 0.200. The highest BCUT2D eigenvalue weighted by Crippen LogP contribution is 2.28. The van der Waals surface area contributed by atoms with Gasteiger partial charge in [-0.1, -0.05) is 17.7 Å². The number of methoxy groups -OCH3 is 1. The number of benzene rings is 2. The largest absolute Gasteiger partial charge is 0.497 e. The van der Waals surface area contributed by atoms with Crippen LogP contribution in [0.4, 0.5) is 5.69 Å². The summed E-state index contributed by atoms with van der Waals surface area (Å²) in [7, 11) is 1.56. The molecule has 0 radical (unpaired) electrons. The van der Waals surface area contributed by atoms with Crippen LogP contribution in [-0.2, 0) is 4.79 Å². The lowest BCUT2D eigenvalue weighted by atomic mass is 10.1. The number of carbonyl (C=O) groups excluding carboxylic acids is 1. The van der Waals surface area contributed by atoms with Gasteiger partial charge >= 0.3 is 0 Å². The van der Waals surface area contributed by atoms with Crippen LogP contribution in [0.2, 0.25) is 5.02 Å². The fourth-order valence-electron chi connectivity index (χ4n) is 2.19. The minimum absolute atomic E-state index is 0.0521. The van der Waals surface area contributed by atoms with Crippen molar-refractivity contribution in [1.29, 1.82) is 5.26 Å². The predicted octanol–water partition coefficient (Wildman–Crippen LogP) is 4.68. The van der Waals surface area contributed by atoms with Gasteiger partial charge in [-0.05, 0) is 50.3 Å². The van der Waals surface area contributed by atoms with Gasteiger partial charge in [-0.3, -0.25) is 4.79 Å². The molecule has 0 saturated heterocycles. The van der Waals surface area contributed by atoms with Gasteiger partial charge in [0.15, 0.2) is 0 Å². The molecule has 134 valence electrons. The first-order chi connectivity index (χ1) is 12.4. The number of carbonyl (C=O) groups is 1. The standard InChI is InChI=1S/C20H19ClN2O3/c1-13(2)26-19-11-18(25-3)8-7-14(19)9-15(12-22)20(24)23-17-6-4-5-16(21)10-17/h4-11,13H,1-3H3,(H,23,24)/b15-9+. The van der Waals surface area contributed by atoms with E-state index in [4.69, 9.17) is 21.1 Å². The molecule has 2 aromatic carbocycles. The molecule has 1 amide bonds. The maximum atomic E-state index is 12.4. The van der Waals surface area contributed by atoms with E-state index in [0.717, 1.165) is 0 Å². The molecule has 0 aliphatic heterocycles. The summed E-state index contributed by atoms with van der Waals surface area (Å²) in [6.07, 6.45) is 1.41. The summed E-state index contributed by atoms with van der Waals surface area (Å²) in [5.74, 6) is 0.628. The zero-order valence-electron chi connectivity index (χ0n) is 14.7. The van der Waals surface area contributed by atoms with Gasteiger partial charge in [-0.2, -0.15) is 5.26 Å². The van der Waals surface area contributed by atoms with Crippen molar-refractivity contribution in [1.82, 2.24) is 0 Å². The smallest absolute Gasteiger partial charge is 0.266 e. The highest BCUT2D eigenvalue weighted by Gasteiger charge is 2.13. The van der Waals surface area contributed by atoms with Gasteiger partial charge < -0.3 is 14.8 Å². The van der Waals surface area contributed by atoms with Gasteiger partial charge in [-0.15, -0.1) is 0 Å². The number of rotatable bonds is 6. The van der Waals surface area contributed by atoms with Crippen LogP contribution in [0.25, 0.3) is 6.08 Å². The van der Waals surface area contributed by atoms with Gasteiger partial charge in [0.1, 0.15) is 23.1 Å². The van der Waals surface area contributed by atoms with Crippen molar-refractivity contribution in [2.75, 3.05) is 12.4 Å². The van der Waals surface area contributed by atoms with Crippen LogP contribution in [0.5, 0.6) is 11.5 Å². The molecule has 1 N–H and O–H groups in total. The number of nitrogens with one attached hydrogen (secondary N) is 1. The number of nitrogens with zero attached hydrogens (tertiary/aromatic N) is 1. The Bertz CT molecular complexity index is 870. The van der Waals surface area contributed by atoms with Gasteiger partial charge in [0.2, 0.25) is 0 Å². The summed E-state index contributed by atoms with van der Waals surface area (Å²) in [5, 5.41) is 12.5. The highest BCUT2D eigenvalue weighted by molar-refractivity contribution is 6.31. The topological polar surface area (TPSA) is 71.3 Å². The molecule has 0 aliphatic rings. The van der Waals surface area contributed by atoms with E-state index < -0.39 is 5.91 Å². The Morgan fingerprint density at radius 3 is 2.65 bits per heavy atom. The molecular formula is C20H19ClN2O3. The summed E-state index contributed by atoms with van der Waals surface area (Å²) in [6, 6.07) is 13.8. The van der Waals surface area contributed by atoms with Crippen molar-refractivity contribution >= 4 is 29.3 Å². The van der Waals surface area contributed by atoms with Crippen molar-refractivity contribution in [3.63, 3.8) is 0 Å². The number of halogens is 1. The molecule has 5 nitrogen and oxygen atoms in total. The molecule has 0 unspecified atom stereocenters. The summed E-state index contributed by atoms with van der Waals surface area (Å²) < 4.78 is 11.0. The van der Waals surface area contributed by atoms with Crippen molar-refractivity contribution in [2.45, 2.75) is 20.0 Å². The zero-order valence-corrected chi connectivity index (χ0v) is 15.5. The molecule has 0 bridgehead atoms. The summed E-state index contributed by atoms with van der Waals surface area (Å²) >= 11 is 5.91. The molecule has 0 atom stereocenters. The van der Waals surface area contributed by atoms with E-state index in [1.54, 1.807) is 49.6 Å². The Labute approximate surface area is 157 Å². The first kappa shape index (κ1) is 19.4. The highest BCUT2D eigenvalue weighted by atomic mass is 35.5. The molecule has 2 aromatic rings. The first-order valence-electron chi connectivity index (χ1n) is 7.96. The minimum Gasteiger partial charge on any atom is -0.497 e. The third-order valence-electron chi connectivity index (χ3n) is 3.33. The molecule has 6 heteroatoms. The molecule has 2 rings (SSSR count). The third-order valence-corrected chi connectivity index (χ3v) is 3.57. The summed E-state index contributed by atoms with van der Waals surface area (Å²) in [5.41, 5.74) is 1.07. The number of anilines is 1. The molecule has 0 saturated carbocycles. The second-order valence-electron chi connectivity index (χ2n) is 5.70. The van der Waals surface area contributed by atoms with Crippen molar-refractivity contribution < 1.29 is 14.3 Å². The van der Waals surface area contributed by atoms with Gasteiger partial charge in [0.05, 0.1) is 13.2 Å². The minimum atomic E-state index is -0.527. The zero-order chi connectivity index (χ0) is 19.1. The number of nitriles is 1. The summed E-state index contributed by atoms with van der Waals surface area (Å²) in [6.45, 7) is 3.79. The van der Waals surface area contributed by atoms with Gasteiger partial charge in [-0.25, -0.2) is 0 Å². The maximum Gasteiger partial charge on any atom is 0.266 e. The van der Waals surface area contributed by atoms with Gasteiger partial charge in [0.25, 0.3) is 5.91 Å². The molecule has 0 aromatic heterocycles. The summed E-state index contributed by atoms with van der Waals surface area (Å²) in [4.78, 5) is 12.4. The molecule has 26 heavy (non-hydrogen) atoms. The van der Waals surface area contributed by atoms with Crippen LogP contribution in [0.15, 0.2) is 48.0 Å². The molecular weight excluding hydrogens is 352 g/mol. The lowest BCUT2D eigenvalue weighted by Crippen LogP contribution is -2.13. The Balaban J connectivity index is 2.32. The maximum absolute atomic E-state index is 12.4. The average Bonchev–Trinajstić information content (AvgIpc) is 2.60. The Morgan fingerprint density at radius 1 is 1.27 bits per heavy atom. The Hall–Kier alpha value is -2.97. The third kappa shape index (κ3) is 5.27. The molecule has 0 heterocycles. The van der Waals surface area contributed by atoms with Gasteiger partial charge in [0, 0.05) is 22.3 Å². The van der Waals surface area contributed by atoms with E-state index in [1.165, 1.54) is 6.08 Å². The number of hydrogen-bond donors (Lipinski definition) is 1. The quantitative estimate of drug-likeness (QED) is 0.592. The van der Waals surface area contributed by atoms with Crippen molar-refractivity contribution in [3.05, 3.63) is 58.6 Å². The normalized spacial score (nSPS) is 11.0. The number of ether oxygens (including phenoxy) is 2. The lowest BCUT2D eigenvalue weighted by molar-refractivity contribution is -0.112. The molecule has 0 spiro atoms. The second-order valence-corrected chi connectivity index (χ2v) is 6.14. The van der Waals surface area contributed by atoms with E-state index in [1.807, 2.05) is 19.9 Å². The number of amides is 1. The van der Waals surface area contributed by atoms with E-state index in [9.17, 15) is 10.1 Å². The lowest BCUT2D eigenvalue weighted by Gasteiger charge is -2.14. The first-order valence-corrected chi connectivity index (χ1v) is 8.34. The average molecular weight is 371 g/mol. The van der Waals surface area contributed by atoms with E-state index in [0.29, 0.717) is 27.8 Å². The van der Waals surface area contributed by atoms with E-state index in [2.05, 4.69) is 5.32 Å². The Morgan fingerprint density at radius 2 is 2.04 bits per heavy atom. The van der Waals surface area contributed by atoms with Crippen LogP contribution in [0.1, 0.15) is 19.4 Å². The van der Waals surface area contributed by atoms with Crippen molar-refractivity contribution in [2.24, 2.45) is 0 Å². The molecule has 0 aliphatic carbocycles. The van der Waals surface area contributed by atoms with E-state index in [-0.39, 0.29) is 11.7 Å². The monoisotopic (exact) mass is 370 g/mol. The fourth-order valence-corrected chi connectivity index (χ4v) is 2.38. The Kier molecular flexibility index (Phi) is 6.65. The SMILES string of the molecule is COc1ccc(/C=C(\C#N)C(=O)Nc2cccc(Cl)c2)c(OC(C)C)c1. The van der Waals surface area contributed by atoms with Crippen LogP contribution < -0.4 is 14.8 Å². The number of hydrogen-bond acceptors (Lipinski definition) is 4. The van der Waals surface area contributed by atoms with Crippen molar-refractivity contribution in [3.8, 4) is 17.6 Å². The second kappa shape index (κ2) is 8.93. The van der Waals surface area contributed by atoms with Crippen LogP contribution in [-0.4, -0.2) is 19.1 Å². The van der Waals surface area contributed by atoms with Crippen LogP contribution in [0.3, 0.4) is 0 Å². The van der Waals surface area contributed by atoms with Crippen LogP contribution in [0, 0.1) is 11.3 Å². The predicted molar refractivity (Wildman–Crippen MR) is 102 cm³/mol.